The van der Waals surface area contributed by atoms with Gasteiger partial charge in [-0.15, -0.1) is 0 Å². The lowest BCUT2D eigenvalue weighted by Gasteiger charge is -2.10. The van der Waals surface area contributed by atoms with Crippen LogP contribution < -0.4 is 19.6 Å². The molecule has 0 radical (unpaired) electrons. The van der Waals surface area contributed by atoms with E-state index in [0.29, 0.717) is 51.0 Å². The van der Waals surface area contributed by atoms with Gasteiger partial charge in [-0.1, -0.05) is 11.3 Å². The van der Waals surface area contributed by atoms with Gasteiger partial charge in [0.05, 0.1) is 30.5 Å². The van der Waals surface area contributed by atoms with E-state index in [1.807, 2.05) is 32.0 Å². The molecule has 0 saturated heterocycles. The fourth-order valence-corrected chi connectivity index (χ4v) is 3.68. The normalized spacial score (nSPS) is 12.3. The highest BCUT2D eigenvalue weighted by molar-refractivity contribution is 7.15. The number of rotatable bonds is 5. The third-order valence-corrected chi connectivity index (χ3v) is 4.69. The molecule has 3 heterocycles. The van der Waals surface area contributed by atoms with Gasteiger partial charge in [0.1, 0.15) is 10.3 Å². The molecule has 1 aromatic carbocycles. The first kappa shape index (κ1) is 15.7. The highest BCUT2D eigenvalue weighted by atomic mass is 32.1. The molecule has 0 unspecified atom stereocenters. The molecule has 0 fully saturated rings. The predicted molar refractivity (Wildman–Crippen MR) is 96.7 cm³/mol. The molecule has 0 N–H and O–H groups in total. The van der Waals surface area contributed by atoms with Crippen LogP contribution in [0.15, 0.2) is 39.7 Å². The molecule has 6 nitrogen and oxygen atoms in total. The smallest absolute Gasteiger partial charge is 0.275 e. The minimum Gasteiger partial charge on any atom is -0.490 e. The van der Waals surface area contributed by atoms with Crippen molar-refractivity contribution in [1.82, 2.24) is 9.38 Å². The van der Waals surface area contributed by atoms with Crippen LogP contribution in [-0.4, -0.2) is 22.6 Å². The van der Waals surface area contributed by atoms with Crippen LogP contribution >= 0.6 is 11.3 Å². The molecule has 0 aliphatic rings. The van der Waals surface area contributed by atoms with Crippen molar-refractivity contribution in [3.8, 4) is 11.5 Å². The van der Waals surface area contributed by atoms with Gasteiger partial charge in [-0.2, -0.15) is 0 Å². The molecule has 4 aromatic rings. The van der Waals surface area contributed by atoms with Crippen molar-refractivity contribution in [3.05, 3.63) is 51.2 Å². The summed E-state index contributed by atoms with van der Waals surface area (Å²) in [5, 5.41) is 0. The van der Waals surface area contributed by atoms with Gasteiger partial charge in [0, 0.05) is 18.2 Å². The number of imidazole rings is 1. The molecule has 25 heavy (non-hydrogen) atoms. The Morgan fingerprint density at radius 3 is 2.68 bits per heavy atom. The SMILES string of the molecule is CCOc1cc2nc3s/c(=C/c4ccco4)c(=O)n3c2cc1OCC. The fourth-order valence-electron chi connectivity index (χ4n) is 2.71. The molecular formula is C18H16N2O4S. The second-order valence-corrected chi connectivity index (χ2v) is 6.32. The largest absolute Gasteiger partial charge is 0.490 e. The summed E-state index contributed by atoms with van der Waals surface area (Å²) in [4.78, 5) is 18.0. The van der Waals surface area contributed by atoms with Gasteiger partial charge in [0.2, 0.25) is 0 Å². The monoisotopic (exact) mass is 356 g/mol. The maximum Gasteiger partial charge on any atom is 0.275 e. The topological polar surface area (TPSA) is 66.0 Å². The van der Waals surface area contributed by atoms with Gasteiger partial charge in [0.25, 0.3) is 5.56 Å². The van der Waals surface area contributed by atoms with Crippen molar-refractivity contribution in [2.24, 2.45) is 0 Å². The highest BCUT2D eigenvalue weighted by Gasteiger charge is 2.16. The lowest BCUT2D eigenvalue weighted by molar-refractivity contribution is 0.288. The summed E-state index contributed by atoms with van der Waals surface area (Å²) in [6, 6.07) is 7.23. The zero-order valence-corrected chi connectivity index (χ0v) is 14.6. The van der Waals surface area contributed by atoms with Crippen molar-refractivity contribution in [3.63, 3.8) is 0 Å². The zero-order chi connectivity index (χ0) is 17.4. The average Bonchev–Trinajstić information content (AvgIpc) is 3.28. The average molecular weight is 356 g/mol. The number of furan rings is 1. The molecule has 3 aromatic heterocycles. The molecule has 0 aliphatic carbocycles. The molecule has 4 rings (SSSR count). The zero-order valence-electron chi connectivity index (χ0n) is 13.8. The lowest BCUT2D eigenvalue weighted by atomic mass is 10.2. The van der Waals surface area contributed by atoms with Crippen LogP contribution in [0.4, 0.5) is 0 Å². The molecule has 7 heteroatoms. The van der Waals surface area contributed by atoms with Crippen molar-refractivity contribution in [1.29, 1.82) is 0 Å². The number of thiazole rings is 1. The van der Waals surface area contributed by atoms with Gasteiger partial charge >= 0.3 is 0 Å². The quantitative estimate of drug-likeness (QED) is 0.550. The summed E-state index contributed by atoms with van der Waals surface area (Å²) in [6.45, 7) is 4.87. The number of benzene rings is 1. The Morgan fingerprint density at radius 2 is 2.00 bits per heavy atom. The van der Waals surface area contributed by atoms with Crippen LogP contribution in [0.1, 0.15) is 19.6 Å². The van der Waals surface area contributed by atoms with E-state index in [9.17, 15) is 4.79 Å². The van der Waals surface area contributed by atoms with E-state index in [-0.39, 0.29) is 5.56 Å². The number of hydrogen-bond acceptors (Lipinski definition) is 6. The highest BCUT2D eigenvalue weighted by Crippen LogP contribution is 2.32. The van der Waals surface area contributed by atoms with E-state index < -0.39 is 0 Å². The summed E-state index contributed by atoms with van der Waals surface area (Å²) >= 11 is 1.33. The van der Waals surface area contributed by atoms with Crippen LogP contribution in [0.5, 0.6) is 11.5 Å². The summed E-state index contributed by atoms with van der Waals surface area (Å²) in [6.07, 6.45) is 3.31. The number of hydrogen-bond donors (Lipinski definition) is 0. The van der Waals surface area contributed by atoms with Crippen molar-refractivity contribution < 1.29 is 13.9 Å². The molecule has 128 valence electrons. The predicted octanol–water partition coefficient (Wildman–Crippen LogP) is 2.85. The summed E-state index contributed by atoms with van der Waals surface area (Å²) in [5.74, 6) is 1.89. The molecular weight excluding hydrogens is 340 g/mol. The fraction of sp³-hybridized carbons (Fsp3) is 0.222. The second kappa shape index (κ2) is 6.25. The number of fused-ring (bicyclic) bond motifs is 3. The molecule has 0 spiro atoms. The van der Waals surface area contributed by atoms with E-state index in [2.05, 4.69) is 4.98 Å². The Labute approximate surface area is 146 Å². The van der Waals surface area contributed by atoms with Crippen molar-refractivity contribution in [2.45, 2.75) is 13.8 Å². The lowest BCUT2D eigenvalue weighted by Crippen LogP contribution is -2.22. The van der Waals surface area contributed by atoms with Crippen LogP contribution in [0, 0.1) is 0 Å². The Balaban J connectivity index is 1.96. The van der Waals surface area contributed by atoms with E-state index in [1.165, 1.54) is 11.3 Å². The van der Waals surface area contributed by atoms with E-state index in [4.69, 9.17) is 13.9 Å². The van der Waals surface area contributed by atoms with E-state index in [0.717, 1.165) is 0 Å². The maximum atomic E-state index is 12.8. The van der Waals surface area contributed by atoms with Crippen LogP contribution in [-0.2, 0) is 0 Å². The molecule has 0 atom stereocenters. The molecule has 0 bridgehead atoms. The van der Waals surface area contributed by atoms with Gasteiger partial charge < -0.3 is 13.9 Å². The first-order valence-electron chi connectivity index (χ1n) is 8.01. The number of aromatic nitrogens is 2. The summed E-state index contributed by atoms with van der Waals surface area (Å²) in [5.41, 5.74) is 1.30. The summed E-state index contributed by atoms with van der Waals surface area (Å²) < 4.78 is 18.8. The van der Waals surface area contributed by atoms with Crippen LogP contribution in [0.2, 0.25) is 0 Å². The Kier molecular flexibility index (Phi) is 3.93. The minimum atomic E-state index is -0.120. The van der Waals surface area contributed by atoms with Crippen LogP contribution in [0.25, 0.3) is 22.1 Å². The first-order chi connectivity index (χ1) is 12.2. The Bertz CT molecular complexity index is 1140. The third kappa shape index (κ3) is 2.66. The van der Waals surface area contributed by atoms with Gasteiger partial charge in [-0.25, -0.2) is 9.38 Å². The second-order valence-electron chi connectivity index (χ2n) is 5.31. The maximum absolute atomic E-state index is 12.8. The standard InChI is InChI=1S/C18H16N2O4S/c1-3-22-14-9-12-13(10-15(14)23-4-2)20-17(21)16(25-18(20)19-12)8-11-6-5-7-24-11/h5-10H,3-4H2,1-2H3/b16-8+. The van der Waals surface area contributed by atoms with Gasteiger partial charge in [-0.05, 0) is 26.0 Å². The third-order valence-electron chi connectivity index (χ3n) is 3.72. The number of nitrogens with zero attached hydrogens (tertiary/aromatic N) is 2. The van der Waals surface area contributed by atoms with E-state index >= 15 is 0 Å². The number of ether oxygens (including phenoxy) is 2. The first-order valence-corrected chi connectivity index (χ1v) is 8.82. The minimum absolute atomic E-state index is 0.120. The van der Waals surface area contributed by atoms with Gasteiger partial charge in [0.15, 0.2) is 16.5 Å². The van der Waals surface area contributed by atoms with E-state index in [1.54, 1.807) is 22.8 Å². The molecule has 0 amide bonds. The Morgan fingerprint density at radius 1 is 1.24 bits per heavy atom. The molecule has 0 saturated carbocycles. The Hall–Kier alpha value is -2.80. The van der Waals surface area contributed by atoms with Crippen molar-refractivity contribution >= 4 is 33.4 Å². The van der Waals surface area contributed by atoms with Crippen LogP contribution in [0.3, 0.4) is 0 Å². The van der Waals surface area contributed by atoms with Crippen molar-refractivity contribution in [2.75, 3.05) is 13.2 Å². The molecule has 0 aliphatic heterocycles. The van der Waals surface area contributed by atoms with Gasteiger partial charge in [-0.3, -0.25) is 4.79 Å². The summed E-state index contributed by atoms with van der Waals surface area (Å²) in [7, 11) is 0.